The Bertz CT molecular complexity index is 266. The predicted octanol–water partition coefficient (Wildman–Crippen LogP) is -0.223. The summed E-state index contributed by atoms with van der Waals surface area (Å²) in [6.07, 6.45) is -6.41. The molecule has 0 bridgehead atoms. The molecule has 1 aliphatic carbocycles. The molecule has 0 radical (unpaired) electrons. The van der Waals surface area contributed by atoms with Gasteiger partial charge >= 0.3 is 34.5 Å². The van der Waals surface area contributed by atoms with E-state index in [1.54, 1.807) is 0 Å². The molecule has 0 spiro atoms. The molecule has 0 aromatic carbocycles. The zero-order valence-corrected chi connectivity index (χ0v) is 8.58. The summed E-state index contributed by atoms with van der Waals surface area (Å²) in [6, 6.07) is 0. The Hall–Kier alpha value is -0.530. The molecule has 4 nitrogen and oxygen atoms in total. The summed E-state index contributed by atoms with van der Waals surface area (Å²) >= 11 is 0. The van der Waals surface area contributed by atoms with Crippen molar-refractivity contribution in [3.8, 4) is 0 Å². The third-order valence-electron chi connectivity index (χ3n) is 2.45. The SMILES string of the molecule is O=C([O-])C1(C(=O)O)CC(C(F)(F)F)C1.[Ag+]. The van der Waals surface area contributed by atoms with E-state index in [-0.39, 0.29) is 22.4 Å². The molecule has 1 saturated carbocycles. The van der Waals surface area contributed by atoms with Crippen molar-refractivity contribution in [1.29, 1.82) is 0 Å². The normalized spacial score (nSPS) is 29.9. The molecule has 0 heterocycles. The zero-order valence-electron chi connectivity index (χ0n) is 7.10. The smallest absolute Gasteiger partial charge is 0.549 e. The Labute approximate surface area is 98.0 Å². The minimum Gasteiger partial charge on any atom is -0.549 e. The second-order valence-electron chi connectivity index (χ2n) is 3.32. The van der Waals surface area contributed by atoms with Crippen LogP contribution in [0.3, 0.4) is 0 Å². The summed E-state index contributed by atoms with van der Waals surface area (Å²) < 4.78 is 35.9. The first kappa shape index (κ1) is 14.5. The fraction of sp³-hybridized carbons (Fsp3) is 0.714. The number of carboxylic acid groups (broad SMARTS) is 2. The second-order valence-corrected chi connectivity index (χ2v) is 3.32. The summed E-state index contributed by atoms with van der Waals surface area (Å²) in [4.78, 5) is 20.8. The molecule has 0 aliphatic heterocycles. The molecule has 0 aromatic heterocycles. The van der Waals surface area contributed by atoms with Gasteiger partial charge in [-0.15, -0.1) is 0 Å². The van der Waals surface area contributed by atoms with Crippen LogP contribution >= 0.6 is 0 Å². The van der Waals surface area contributed by atoms with Gasteiger partial charge in [-0.2, -0.15) is 13.2 Å². The van der Waals surface area contributed by atoms with Crippen molar-refractivity contribution in [3.05, 3.63) is 0 Å². The van der Waals surface area contributed by atoms with Crippen molar-refractivity contribution in [3.63, 3.8) is 0 Å². The average molecular weight is 319 g/mol. The van der Waals surface area contributed by atoms with Crippen LogP contribution in [0, 0.1) is 11.3 Å². The minimum atomic E-state index is -4.53. The van der Waals surface area contributed by atoms with Crippen molar-refractivity contribution < 1.29 is 55.4 Å². The van der Waals surface area contributed by atoms with Crippen LogP contribution < -0.4 is 5.11 Å². The van der Waals surface area contributed by atoms with Crippen molar-refractivity contribution in [2.45, 2.75) is 19.0 Å². The van der Waals surface area contributed by atoms with E-state index in [1.807, 2.05) is 0 Å². The van der Waals surface area contributed by atoms with Gasteiger partial charge < -0.3 is 15.0 Å². The molecule has 1 fully saturated rings. The van der Waals surface area contributed by atoms with Gasteiger partial charge in [0.1, 0.15) is 5.41 Å². The Morgan fingerprint density at radius 1 is 1.33 bits per heavy atom. The summed E-state index contributed by atoms with van der Waals surface area (Å²) in [5.74, 6) is -5.57. The number of hydrogen-bond donors (Lipinski definition) is 1. The largest absolute Gasteiger partial charge is 1.00 e. The first-order chi connectivity index (χ1) is 6.20. The number of hydrogen-bond acceptors (Lipinski definition) is 3. The van der Waals surface area contributed by atoms with Crippen LogP contribution in [0.25, 0.3) is 0 Å². The van der Waals surface area contributed by atoms with Crippen LogP contribution in [0.15, 0.2) is 0 Å². The third-order valence-corrected chi connectivity index (χ3v) is 2.45. The topological polar surface area (TPSA) is 77.4 Å². The first-order valence-corrected chi connectivity index (χ1v) is 3.72. The van der Waals surface area contributed by atoms with Crippen LogP contribution in [0.5, 0.6) is 0 Å². The Morgan fingerprint density at radius 2 is 1.73 bits per heavy atom. The number of rotatable bonds is 2. The van der Waals surface area contributed by atoms with Crippen LogP contribution in [0.2, 0.25) is 0 Å². The van der Waals surface area contributed by atoms with E-state index in [4.69, 9.17) is 5.11 Å². The molecule has 0 saturated heterocycles. The van der Waals surface area contributed by atoms with Gasteiger partial charge in [-0.25, -0.2) is 0 Å². The molecule has 1 rings (SSSR count). The van der Waals surface area contributed by atoms with Gasteiger partial charge in [0.25, 0.3) is 0 Å². The number of carbonyl (C=O) groups is 2. The number of halogens is 3. The molecular weight excluding hydrogens is 313 g/mol. The van der Waals surface area contributed by atoms with Gasteiger partial charge in [0.15, 0.2) is 0 Å². The van der Waals surface area contributed by atoms with E-state index >= 15 is 0 Å². The number of aliphatic carboxylic acids is 2. The number of carboxylic acids is 2. The Kier molecular flexibility index (Phi) is 4.00. The molecule has 15 heavy (non-hydrogen) atoms. The third kappa shape index (κ3) is 2.35. The van der Waals surface area contributed by atoms with Crippen molar-refractivity contribution in [1.82, 2.24) is 0 Å². The van der Waals surface area contributed by atoms with E-state index in [9.17, 15) is 27.9 Å². The van der Waals surface area contributed by atoms with Gasteiger partial charge in [-0.3, -0.25) is 4.79 Å². The van der Waals surface area contributed by atoms with E-state index in [0.717, 1.165) is 0 Å². The Balaban J connectivity index is 0.00000196. The quantitative estimate of drug-likeness (QED) is 0.564. The Morgan fingerprint density at radius 3 is 1.93 bits per heavy atom. The summed E-state index contributed by atoms with van der Waals surface area (Å²) in [6.45, 7) is 0. The van der Waals surface area contributed by atoms with Gasteiger partial charge in [0, 0.05) is 0 Å². The maximum atomic E-state index is 12.0. The van der Waals surface area contributed by atoms with Gasteiger partial charge in [0.2, 0.25) is 0 Å². The van der Waals surface area contributed by atoms with Crippen LogP contribution in [0.4, 0.5) is 13.2 Å². The predicted molar refractivity (Wildman–Crippen MR) is 33.9 cm³/mol. The summed E-state index contributed by atoms with van der Waals surface area (Å²) in [5.41, 5.74) is -2.35. The fourth-order valence-electron chi connectivity index (χ4n) is 1.44. The van der Waals surface area contributed by atoms with Gasteiger partial charge in [-0.1, -0.05) is 0 Å². The van der Waals surface area contributed by atoms with E-state index in [2.05, 4.69) is 0 Å². The average Bonchev–Trinajstić information content (AvgIpc) is 1.77. The standard InChI is InChI=1S/C7H7F3O4.Ag/c8-7(9,10)3-1-6(2-3,4(11)12)5(13)14;/h3H,1-2H2,(H,11,12)(H,13,14);/q;+1/p-1. The molecule has 1 N–H and O–H groups in total. The minimum absolute atomic E-state index is 0. The molecule has 0 aromatic rings. The fourth-order valence-corrected chi connectivity index (χ4v) is 1.44. The molecule has 8 heteroatoms. The number of carbonyl (C=O) groups excluding carboxylic acids is 1. The van der Waals surface area contributed by atoms with Crippen LogP contribution in [0.1, 0.15) is 12.8 Å². The maximum Gasteiger partial charge on any atom is 1.00 e. The second kappa shape index (κ2) is 4.15. The van der Waals surface area contributed by atoms with Gasteiger partial charge in [-0.05, 0) is 12.8 Å². The van der Waals surface area contributed by atoms with E-state index < -0.39 is 42.3 Å². The molecule has 0 amide bonds. The van der Waals surface area contributed by atoms with Crippen molar-refractivity contribution in [2.24, 2.45) is 11.3 Å². The van der Waals surface area contributed by atoms with Crippen LogP contribution in [-0.2, 0) is 32.0 Å². The van der Waals surface area contributed by atoms with Crippen molar-refractivity contribution in [2.75, 3.05) is 0 Å². The number of alkyl halides is 3. The molecule has 0 unspecified atom stereocenters. The van der Waals surface area contributed by atoms with Crippen molar-refractivity contribution >= 4 is 11.9 Å². The van der Waals surface area contributed by atoms with Crippen LogP contribution in [-0.4, -0.2) is 23.2 Å². The molecular formula is C7H6AgF3O4. The molecule has 90 valence electrons. The van der Waals surface area contributed by atoms with E-state index in [1.165, 1.54) is 0 Å². The van der Waals surface area contributed by atoms with Gasteiger partial charge in [0.05, 0.1) is 11.9 Å². The molecule has 1 aliphatic rings. The first-order valence-electron chi connectivity index (χ1n) is 3.72. The monoisotopic (exact) mass is 318 g/mol. The summed E-state index contributed by atoms with van der Waals surface area (Å²) in [7, 11) is 0. The zero-order chi connectivity index (χ0) is 11.1. The van der Waals surface area contributed by atoms with E-state index in [0.29, 0.717) is 0 Å². The summed E-state index contributed by atoms with van der Waals surface area (Å²) in [5, 5.41) is 18.8. The molecule has 0 atom stereocenters. The maximum absolute atomic E-state index is 12.0.